The van der Waals surface area contributed by atoms with E-state index < -0.39 is 0 Å². The number of fused-ring (bicyclic) bond motifs is 3. The minimum absolute atomic E-state index is 0.0182. The highest BCUT2D eigenvalue weighted by Crippen LogP contribution is 2.17. The molecule has 0 fully saturated rings. The smallest absolute Gasteiger partial charge is 0.275 e. The minimum Gasteiger partial charge on any atom is -0.317 e. The Kier molecular flexibility index (Phi) is 3.30. The van der Waals surface area contributed by atoms with Gasteiger partial charge in [0.25, 0.3) is 5.56 Å². The molecule has 3 heterocycles. The highest BCUT2D eigenvalue weighted by Gasteiger charge is 2.11. The van der Waals surface area contributed by atoms with Crippen LogP contribution in [0.1, 0.15) is 11.3 Å². The SMILES string of the molecule is Cc1ccc(-n2cccc2/C=c2\sc3nc4ccccc4n3c2=O)cc1. The lowest BCUT2D eigenvalue weighted by Gasteiger charge is -2.06. The molecule has 0 N–H and O–H groups in total. The van der Waals surface area contributed by atoms with Crippen LogP contribution < -0.4 is 10.1 Å². The number of nitrogens with zero attached hydrogens (tertiary/aromatic N) is 3. The van der Waals surface area contributed by atoms with Crippen molar-refractivity contribution in [3.8, 4) is 5.69 Å². The molecule has 2 aromatic carbocycles. The Labute approximate surface area is 153 Å². The first-order valence-electron chi connectivity index (χ1n) is 8.37. The molecule has 5 aromatic rings. The van der Waals surface area contributed by atoms with E-state index in [1.165, 1.54) is 16.9 Å². The number of aryl methyl sites for hydroxylation is 1. The van der Waals surface area contributed by atoms with Gasteiger partial charge in [-0.15, -0.1) is 0 Å². The molecule has 0 saturated heterocycles. The molecule has 5 heteroatoms. The van der Waals surface area contributed by atoms with E-state index >= 15 is 0 Å². The van der Waals surface area contributed by atoms with Crippen molar-refractivity contribution < 1.29 is 0 Å². The topological polar surface area (TPSA) is 39.3 Å². The summed E-state index contributed by atoms with van der Waals surface area (Å²) in [6, 6.07) is 20.1. The molecule has 0 amide bonds. The monoisotopic (exact) mass is 357 g/mol. The zero-order chi connectivity index (χ0) is 17.7. The molecule has 0 radical (unpaired) electrons. The number of benzene rings is 2. The van der Waals surface area contributed by atoms with Crippen molar-refractivity contribution >= 4 is 33.4 Å². The van der Waals surface area contributed by atoms with E-state index in [1.54, 1.807) is 4.40 Å². The van der Waals surface area contributed by atoms with E-state index in [4.69, 9.17) is 0 Å². The number of thiazole rings is 1. The minimum atomic E-state index is -0.0182. The van der Waals surface area contributed by atoms with Gasteiger partial charge in [-0.2, -0.15) is 0 Å². The highest BCUT2D eigenvalue weighted by molar-refractivity contribution is 7.15. The molecule has 0 aliphatic rings. The Balaban J connectivity index is 1.71. The summed E-state index contributed by atoms with van der Waals surface area (Å²) < 4.78 is 4.47. The van der Waals surface area contributed by atoms with Gasteiger partial charge >= 0.3 is 0 Å². The predicted molar refractivity (Wildman–Crippen MR) is 106 cm³/mol. The average Bonchev–Trinajstić information content (AvgIpc) is 3.32. The maximum atomic E-state index is 12.9. The third-order valence-corrected chi connectivity index (χ3v) is 5.49. The normalized spacial score (nSPS) is 12.4. The van der Waals surface area contributed by atoms with E-state index in [2.05, 4.69) is 40.7 Å². The fraction of sp³-hybridized carbons (Fsp3) is 0.0476. The number of imidazole rings is 1. The summed E-state index contributed by atoms with van der Waals surface area (Å²) >= 11 is 1.42. The summed E-state index contributed by atoms with van der Waals surface area (Å²) in [6.07, 6.45) is 3.95. The number of hydrogen-bond donors (Lipinski definition) is 0. The molecule has 26 heavy (non-hydrogen) atoms. The van der Waals surface area contributed by atoms with E-state index in [1.807, 2.05) is 48.7 Å². The molecule has 0 saturated carbocycles. The van der Waals surface area contributed by atoms with Gasteiger partial charge in [0.2, 0.25) is 0 Å². The predicted octanol–water partition coefficient (Wildman–Crippen LogP) is 3.56. The van der Waals surface area contributed by atoms with E-state index in [-0.39, 0.29) is 5.56 Å². The highest BCUT2D eigenvalue weighted by atomic mass is 32.1. The molecule has 0 bridgehead atoms. The molecule has 126 valence electrons. The number of aromatic nitrogens is 3. The molecule has 0 aliphatic heterocycles. The summed E-state index contributed by atoms with van der Waals surface area (Å²) in [7, 11) is 0. The van der Waals surface area contributed by atoms with Crippen molar-refractivity contribution in [3.05, 3.63) is 93.0 Å². The van der Waals surface area contributed by atoms with Crippen molar-refractivity contribution in [3.63, 3.8) is 0 Å². The third-order valence-electron chi connectivity index (χ3n) is 4.52. The lowest BCUT2D eigenvalue weighted by Crippen LogP contribution is -2.23. The van der Waals surface area contributed by atoms with Gasteiger partial charge < -0.3 is 4.57 Å². The van der Waals surface area contributed by atoms with Crippen LogP contribution in [0.5, 0.6) is 0 Å². The van der Waals surface area contributed by atoms with Crippen LogP contribution in [0.25, 0.3) is 27.8 Å². The fourth-order valence-corrected chi connectivity index (χ4v) is 4.17. The van der Waals surface area contributed by atoms with E-state index in [0.29, 0.717) is 4.53 Å². The molecule has 3 aromatic heterocycles. The summed E-state index contributed by atoms with van der Waals surface area (Å²) in [5.74, 6) is 0. The molecular formula is C21H15N3OS. The molecule has 0 aliphatic carbocycles. The number of hydrogen-bond acceptors (Lipinski definition) is 3. The van der Waals surface area contributed by atoms with Crippen LogP contribution in [0, 0.1) is 6.92 Å². The van der Waals surface area contributed by atoms with E-state index in [0.717, 1.165) is 27.4 Å². The quantitative estimate of drug-likeness (QED) is 0.485. The maximum Gasteiger partial charge on any atom is 0.275 e. The fourth-order valence-electron chi connectivity index (χ4n) is 3.20. The van der Waals surface area contributed by atoms with Gasteiger partial charge in [0.1, 0.15) is 0 Å². The zero-order valence-electron chi connectivity index (χ0n) is 14.1. The molecule has 5 rings (SSSR count). The number of para-hydroxylation sites is 2. The van der Waals surface area contributed by atoms with Crippen molar-refractivity contribution in [2.45, 2.75) is 6.92 Å². The largest absolute Gasteiger partial charge is 0.317 e. The maximum absolute atomic E-state index is 12.9. The second-order valence-corrected chi connectivity index (χ2v) is 7.28. The number of rotatable bonds is 2. The van der Waals surface area contributed by atoms with Gasteiger partial charge in [-0.25, -0.2) is 9.38 Å². The second kappa shape index (κ2) is 5.68. The first-order valence-corrected chi connectivity index (χ1v) is 9.18. The summed E-state index contributed by atoms with van der Waals surface area (Å²) in [4.78, 5) is 18.2. The van der Waals surface area contributed by atoms with Crippen molar-refractivity contribution in [1.29, 1.82) is 0 Å². The van der Waals surface area contributed by atoms with Crippen LogP contribution in [-0.2, 0) is 0 Å². The van der Waals surface area contributed by atoms with Crippen molar-refractivity contribution in [2.75, 3.05) is 0 Å². The lowest BCUT2D eigenvalue weighted by molar-refractivity contribution is 1.06. The molecule has 0 spiro atoms. The van der Waals surface area contributed by atoms with Gasteiger partial charge in [0, 0.05) is 17.6 Å². The summed E-state index contributed by atoms with van der Waals surface area (Å²) in [6.45, 7) is 2.07. The molecule has 4 nitrogen and oxygen atoms in total. The van der Waals surface area contributed by atoms with Gasteiger partial charge in [-0.3, -0.25) is 4.79 Å². The summed E-state index contributed by atoms with van der Waals surface area (Å²) in [5.41, 5.74) is 4.96. The first kappa shape index (κ1) is 15.1. The molecule has 0 atom stereocenters. The third kappa shape index (κ3) is 2.29. The van der Waals surface area contributed by atoms with Gasteiger partial charge in [-0.05, 0) is 49.4 Å². The Hall–Kier alpha value is -3.18. The van der Waals surface area contributed by atoms with E-state index in [9.17, 15) is 4.79 Å². The van der Waals surface area contributed by atoms with Crippen LogP contribution in [0.3, 0.4) is 0 Å². The van der Waals surface area contributed by atoms with Crippen LogP contribution in [0.2, 0.25) is 0 Å². The van der Waals surface area contributed by atoms with Gasteiger partial charge in [0.05, 0.1) is 15.6 Å². The average molecular weight is 357 g/mol. The summed E-state index contributed by atoms with van der Waals surface area (Å²) in [5, 5.41) is 0. The Morgan fingerprint density at radius 1 is 1.00 bits per heavy atom. The van der Waals surface area contributed by atoms with Crippen LogP contribution in [0.4, 0.5) is 0 Å². The zero-order valence-corrected chi connectivity index (χ0v) is 14.9. The van der Waals surface area contributed by atoms with Crippen LogP contribution >= 0.6 is 11.3 Å². The van der Waals surface area contributed by atoms with Crippen molar-refractivity contribution in [2.24, 2.45) is 0 Å². The van der Waals surface area contributed by atoms with Crippen molar-refractivity contribution in [1.82, 2.24) is 14.0 Å². The standard InChI is InChI=1S/C21H15N3OS/c1-14-8-10-15(11-9-14)23-12-4-5-16(23)13-19-20(25)24-18-7-3-2-6-17(18)22-21(24)26-19/h2-13H,1H3/b19-13-. The van der Waals surface area contributed by atoms with Crippen LogP contribution in [-0.4, -0.2) is 14.0 Å². The Bertz CT molecular complexity index is 1360. The van der Waals surface area contributed by atoms with Gasteiger partial charge in [0.15, 0.2) is 4.96 Å². The van der Waals surface area contributed by atoms with Gasteiger partial charge in [-0.1, -0.05) is 41.2 Å². The molecular weight excluding hydrogens is 342 g/mol. The Morgan fingerprint density at radius 3 is 2.65 bits per heavy atom. The lowest BCUT2D eigenvalue weighted by atomic mass is 10.2. The Morgan fingerprint density at radius 2 is 1.81 bits per heavy atom. The molecule has 0 unspecified atom stereocenters. The van der Waals surface area contributed by atoms with Crippen LogP contribution in [0.15, 0.2) is 71.7 Å². The first-order chi connectivity index (χ1) is 12.7. The second-order valence-electron chi connectivity index (χ2n) is 6.27.